The van der Waals surface area contributed by atoms with Gasteiger partial charge >= 0.3 is 5.69 Å². The van der Waals surface area contributed by atoms with Crippen LogP contribution < -0.4 is 16.3 Å². The lowest BCUT2D eigenvalue weighted by Crippen LogP contribution is -2.44. The number of halogens is 3. The minimum Gasteiger partial charge on any atom is -0.503 e. The topological polar surface area (TPSA) is 161 Å². The number of phenolic OH excluding ortho intramolecular Hbond substituents is 1. The van der Waals surface area contributed by atoms with Crippen LogP contribution in [0.15, 0.2) is 59.7 Å². The molecule has 17 heteroatoms. The SMILES string of the molecule is Cn1c(=O)n([C@@H]2CCC(=O)NC2=O)c2ccc(CCCN3CCn4c(-c5ccc6cn(C7CCC(CNC(=O)c8cc(F)c(O)c(F)c8F)CC7)nc6c5)cnc4C3)cc21. The molecule has 60 heavy (non-hydrogen) atoms. The molecule has 2 fully saturated rings. The smallest absolute Gasteiger partial charge is 0.329 e. The molecule has 2 aliphatic heterocycles. The number of rotatable bonds is 10. The van der Waals surface area contributed by atoms with Crippen molar-refractivity contribution in [2.24, 2.45) is 13.0 Å². The summed E-state index contributed by atoms with van der Waals surface area (Å²) in [4.78, 5) is 57.1. The average Bonchev–Trinajstić information content (AvgIpc) is 3.94. The van der Waals surface area contributed by atoms with E-state index in [0.717, 1.165) is 104 Å². The molecule has 0 radical (unpaired) electrons. The fourth-order valence-electron chi connectivity index (χ4n) is 9.11. The summed E-state index contributed by atoms with van der Waals surface area (Å²) in [5, 5.41) is 20.2. The highest BCUT2D eigenvalue weighted by Crippen LogP contribution is 2.34. The van der Waals surface area contributed by atoms with Gasteiger partial charge in [0, 0.05) is 50.2 Å². The van der Waals surface area contributed by atoms with Gasteiger partial charge in [-0.3, -0.25) is 38.4 Å². The number of aromatic nitrogens is 6. The third-order valence-corrected chi connectivity index (χ3v) is 12.5. The molecule has 1 atom stereocenters. The number of fused-ring (bicyclic) bond motifs is 3. The summed E-state index contributed by atoms with van der Waals surface area (Å²) in [6, 6.07) is 12.2. The van der Waals surface area contributed by atoms with E-state index in [1.54, 1.807) is 11.6 Å². The highest BCUT2D eigenvalue weighted by Gasteiger charge is 2.32. The molecule has 5 heterocycles. The van der Waals surface area contributed by atoms with Crippen molar-refractivity contribution in [2.45, 2.75) is 76.5 Å². The van der Waals surface area contributed by atoms with Crippen LogP contribution in [0.2, 0.25) is 0 Å². The van der Waals surface area contributed by atoms with Crippen molar-refractivity contribution in [3.8, 4) is 17.0 Å². The summed E-state index contributed by atoms with van der Waals surface area (Å²) in [5.41, 5.74) is 4.47. The fraction of sp³-hybridized carbons (Fsp3) is 0.395. The second kappa shape index (κ2) is 15.7. The quantitative estimate of drug-likeness (QED) is 0.125. The van der Waals surface area contributed by atoms with Gasteiger partial charge in [0.15, 0.2) is 17.4 Å². The first-order chi connectivity index (χ1) is 28.9. The van der Waals surface area contributed by atoms with Gasteiger partial charge < -0.3 is 15.0 Å². The Bertz CT molecular complexity index is 2750. The third kappa shape index (κ3) is 7.24. The van der Waals surface area contributed by atoms with Gasteiger partial charge in [0.1, 0.15) is 11.9 Å². The normalized spacial score (nSPS) is 19.8. The van der Waals surface area contributed by atoms with Crippen molar-refractivity contribution >= 4 is 39.7 Å². The minimum atomic E-state index is -1.78. The molecule has 3 amide bonds. The van der Waals surface area contributed by atoms with E-state index in [1.165, 1.54) is 4.57 Å². The highest BCUT2D eigenvalue weighted by molar-refractivity contribution is 6.00. The van der Waals surface area contributed by atoms with E-state index in [2.05, 4.69) is 44.5 Å². The Morgan fingerprint density at radius 3 is 2.58 bits per heavy atom. The Hall–Kier alpha value is -6.23. The lowest BCUT2D eigenvalue weighted by atomic mass is 9.86. The molecule has 3 aromatic carbocycles. The molecule has 6 aromatic rings. The van der Waals surface area contributed by atoms with Crippen LogP contribution in [-0.2, 0) is 36.1 Å². The van der Waals surface area contributed by atoms with E-state index < -0.39 is 46.6 Å². The van der Waals surface area contributed by atoms with E-state index in [9.17, 15) is 37.5 Å². The number of nitrogens with one attached hydrogen (secondary N) is 2. The zero-order valence-electron chi connectivity index (χ0n) is 33.0. The van der Waals surface area contributed by atoms with Gasteiger partial charge in [0.25, 0.3) is 5.91 Å². The molecule has 3 N–H and O–H groups in total. The predicted octanol–water partition coefficient (Wildman–Crippen LogP) is 5.26. The number of aryl methyl sites for hydroxylation is 2. The van der Waals surface area contributed by atoms with Gasteiger partial charge in [-0.2, -0.15) is 9.49 Å². The van der Waals surface area contributed by atoms with Crippen LogP contribution in [0.5, 0.6) is 5.75 Å². The van der Waals surface area contributed by atoms with Gasteiger partial charge in [0.05, 0.1) is 46.6 Å². The molecule has 3 aromatic heterocycles. The number of carbonyl (C=O) groups excluding carboxylic acids is 3. The molecular formula is C43H44F3N9O5. The minimum absolute atomic E-state index is 0.113. The molecule has 0 bridgehead atoms. The van der Waals surface area contributed by atoms with Crippen LogP contribution in [0.25, 0.3) is 33.2 Å². The van der Waals surface area contributed by atoms with Gasteiger partial charge in [-0.25, -0.2) is 18.6 Å². The highest BCUT2D eigenvalue weighted by atomic mass is 19.2. The number of hydrogen-bond acceptors (Lipinski definition) is 8. The van der Waals surface area contributed by atoms with Crippen LogP contribution >= 0.6 is 0 Å². The second-order valence-corrected chi connectivity index (χ2v) is 16.2. The predicted molar refractivity (Wildman–Crippen MR) is 214 cm³/mol. The van der Waals surface area contributed by atoms with E-state index in [0.29, 0.717) is 18.0 Å². The van der Waals surface area contributed by atoms with E-state index in [1.807, 2.05) is 29.1 Å². The first kappa shape index (κ1) is 39.2. The molecule has 0 unspecified atom stereocenters. The Morgan fingerprint density at radius 2 is 1.78 bits per heavy atom. The average molecular weight is 824 g/mol. The molecule has 1 saturated heterocycles. The van der Waals surface area contributed by atoms with Crippen molar-refractivity contribution < 1.29 is 32.7 Å². The third-order valence-electron chi connectivity index (χ3n) is 12.5. The van der Waals surface area contributed by atoms with E-state index >= 15 is 0 Å². The fourth-order valence-corrected chi connectivity index (χ4v) is 9.11. The number of hydrogen-bond donors (Lipinski definition) is 3. The first-order valence-corrected chi connectivity index (χ1v) is 20.4. The Balaban J connectivity index is 0.783. The number of nitrogens with zero attached hydrogens (tertiary/aromatic N) is 7. The summed E-state index contributed by atoms with van der Waals surface area (Å²) in [6.45, 7) is 3.54. The summed E-state index contributed by atoms with van der Waals surface area (Å²) < 4.78 is 49.0. The lowest BCUT2D eigenvalue weighted by Gasteiger charge is -2.28. The molecule has 14 nitrogen and oxygen atoms in total. The molecule has 1 saturated carbocycles. The van der Waals surface area contributed by atoms with Crippen molar-refractivity contribution in [2.75, 3.05) is 19.6 Å². The lowest BCUT2D eigenvalue weighted by molar-refractivity contribution is -0.135. The first-order valence-electron chi connectivity index (χ1n) is 20.4. The summed E-state index contributed by atoms with van der Waals surface area (Å²) in [7, 11) is 1.71. The molecule has 312 valence electrons. The second-order valence-electron chi connectivity index (χ2n) is 16.2. The molecule has 9 rings (SSSR count). The number of phenols is 1. The number of imide groups is 1. The number of benzene rings is 3. The largest absolute Gasteiger partial charge is 0.503 e. The van der Waals surface area contributed by atoms with Crippen molar-refractivity contribution in [3.63, 3.8) is 0 Å². The number of carbonyl (C=O) groups is 3. The van der Waals surface area contributed by atoms with Gasteiger partial charge in [-0.15, -0.1) is 0 Å². The van der Waals surface area contributed by atoms with Crippen molar-refractivity contribution in [1.82, 2.24) is 44.0 Å². The van der Waals surface area contributed by atoms with Crippen LogP contribution in [0.3, 0.4) is 0 Å². The Kier molecular flexibility index (Phi) is 10.3. The number of amides is 3. The standard InChI is InChI=1S/C43H44F3N9O5/c1-51-34-17-24(6-11-32(34)55(43(51)60)33-12-13-37(56)49-42(33)59)3-2-14-52-15-16-53-35(21-47-36(53)23-52)26-7-8-27-22-54(50-31(27)18-26)28-9-4-25(5-10-28)20-48-41(58)29-19-30(44)40(57)39(46)38(29)45/h6-8,11,17-19,21-22,25,28,33,57H,2-5,9-10,12-16,20,23H2,1H3,(H,48,58)(H,49,56,59)/t25?,28?,33-/m1/s1. The van der Waals surface area contributed by atoms with Gasteiger partial charge in [-0.05, 0) is 87.2 Å². The Labute approximate surface area is 341 Å². The summed E-state index contributed by atoms with van der Waals surface area (Å²) in [6.07, 6.45) is 9.45. The van der Waals surface area contributed by atoms with Crippen molar-refractivity contribution in [1.29, 1.82) is 0 Å². The summed E-state index contributed by atoms with van der Waals surface area (Å²) in [5.74, 6) is -6.78. The van der Waals surface area contributed by atoms with E-state index in [4.69, 9.17) is 10.1 Å². The number of imidazole rings is 2. The molecule has 1 aliphatic carbocycles. The molecular weight excluding hydrogens is 780 g/mol. The van der Waals surface area contributed by atoms with Gasteiger partial charge in [-0.1, -0.05) is 18.2 Å². The Morgan fingerprint density at radius 1 is 0.967 bits per heavy atom. The summed E-state index contributed by atoms with van der Waals surface area (Å²) >= 11 is 0. The van der Waals surface area contributed by atoms with Crippen LogP contribution in [0.4, 0.5) is 13.2 Å². The van der Waals surface area contributed by atoms with Crippen molar-refractivity contribution in [3.05, 3.63) is 99.7 Å². The zero-order valence-corrected chi connectivity index (χ0v) is 33.0. The number of piperidine rings is 1. The monoisotopic (exact) mass is 823 g/mol. The van der Waals surface area contributed by atoms with Crippen LogP contribution in [-0.4, -0.2) is 75.8 Å². The maximum absolute atomic E-state index is 14.2. The maximum Gasteiger partial charge on any atom is 0.329 e. The van der Waals surface area contributed by atoms with E-state index in [-0.39, 0.29) is 36.5 Å². The number of aromatic hydroxyl groups is 1. The van der Waals surface area contributed by atoms with Crippen LogP contribution in [0, 0.1) is 23.4 Å². The van der Waals surface area contributed by atoms with Crippen LogP contribution in [0.1, 0.15) is 78.8 Å². The maximum atomic E-state index is 14.2. The van der Waals surface area contributed by atoms with Gasteiger partial charge in [0.2, 0.25) is 17.6 Å². The zero-order chi connectivity index (χ0) is 41.8. The molecule has 3 aliphatic rings. The molecule has 0 spiro atoms.